The highest BCUT2D eigenvalue weighted by molar-refractivity contribution is 5.82. The molecule has 1 atom stereocenters. The first kappa shape index (κ1) is 16.5. The van der Waals surface area contributed by atoms with Gasteiger partial charge in [-0.05, 0) is 18.6 Å². The predicted molar refractivity (Wildman–Crippen MR) is 86.3 cm³/mol. The lowest BCUT2D eigenvalue weighted by Gasteiger charge is -2.22. The molecule has 0 fully saturated rings. The van der Waals surface area contributed by atoms with Gasteiger partial charge in [-0.3, -0.25) is 14.9 Å². The number of nitro benzene ring substituents is 1. The summed E-state index contributed by atoms with van der Waals surface area (Å²) in [5.74, 6) is -0.212. The van der Waals surface area contributed by atoms with E-state index in [-0.39, 0.29) is 17.3 Å². The molecule has 0 saturated heterocycles. The van der Waals surface area contributed by atoms with Gasteiger partial charge in [0.25, 0.3) is 5.91 Å². The summed E-state index contributed by atoms with van der Waals surface area (Å²) in [4.78, 5) is 24.5. The van der Waals surface area contributed by atoms with Gasteiger partial charge >= 0.3 is 5.69 Å². The lowest BCUT2D eigenvalue weighted by molar-refractivity contribution is -0.386. The van der Waals surface area contributed by atoms with Crippen molar-refractivity contribution in [1.82, 2.24) is 4.90 Å². The summed E-state index contributed by atoms with van der Waals surface area (Å²) in [6, 6.07) is 13.6. The first-order valence-electron chi connectivity index (χ1n) is 7.08. The highest BCUT2D eigenvalue weighted by Gasteiger charge is 2.27. The molecule has 23 heavy (non-hydrogen) atoms. The first-order valence-corrected chi connectivity index (χ1v) is 7.08. The molecule has 2 rings (SSSR count). The lowest BCUT2D eigenvalue weighted by Crippen LogP contribution is -2.31. The number of carbonyl (C=O) groups is 1. The fourth-order valence-electron chi connectivity index (χ4n) is 2.12. The second-order valence-corrected chi connectivity index (χ2v) is 5.37. The topological polar surface area (TPSA) is 72.7 Å². The molecule has 0 aliphatic carbocycles. The second-order valence-electron chi connectivity index (χ2n) is 5.37. The van der Waals surface area contributed by atoms with Gasteiger partial charge in [-0.2, -0.15) is 0 Å². The van der Waals surface area contributed by atoms with Gasteiger partial charge in [0.05, 0.1) is 4.92 Å². The third kappa shape index (κ3) is 3.85. The van der Waals surface area contributed by atoms with Crippen LogP contribution in [0.2, 0.25) is 0 Å². The van der Waals surface area contributed by atoms with Gasteiger partial charge in [0, 0.05) is 25.7 Å². The smallest absolute Gasteiger partial charge is 0.311 e. The standard InChI is InChI=1S/C17H18N2O4/c1-12-9-10-15(14(11-12)19(21)22)23-16(17(20)18(2)3)13-7-5-4-6-8-13/h4-11,16H,1-3H3. The first-order chi connectivity index (χ1) is 10.9. The molecule has 1 amide bonds. The Balaban J connectivity index is 2.43. The molecule has 1 unspecified atom stereocenters. The Morgan fingerprint density at radius 3 is 2.39 bits per heavy atom. The average molecular weight is 314 g/mol. The summed E-state index contributed by atoms with van der Waals surface area (Å²) in [5, 5.41) is 11.2. The van der Waals surface area contributed by atoms with Crippen molar-refractivity contribution in [1.29, 1.82) is 0 Å². The van der Waals surface area contributed by atoms with E-state index < -0.39 is 11.0 Å². The van der Waals surface area contributed by atoms with Gasteiger partial charge in [0.2, 0.25) is 6.10 Å². The maximum atomic E-state index is 12.4. The molecule has 0 N–H and O–H groups in total. The molecule has 6 nitrogen and oxygen atoms in total. The molecule has 0 aromatic heterocycles. The molecule has 6 heteroatoms. The van der Waals surface area contributed by atoms with Gasteiger partial charge in [-0.25, -0.2) is 0 Å². The quantitative estimate of drug-likeness (QED) is 0.628. The number of hydrogen-bond acceptors (Lipinski definition) is 4. The lowest BCUT2D eigenvalue weighted by atomic mass is 10.1. The van der Waals surface area contributed by atoms with E-state index in [1.807, 2.05) is 6.07 Å². The average Bonchev–Trinajstić information content (AvgIpc) is 2.53. The maximum absolute atomic E-state index is 12.4. The Kier molecular flexibility index (Phi) is 4.95. The van der Waals surface area contributed by atoms with Crippen molar-refractivity contribution in [2.24, 2.45) is 0 Å². The zero-order chi connectivity index (χ0) is 17.0. The van der Waals surface area contributed by atoms with Crippen LogP contribution in [0, 0.1) is 17.0 Å². The van der Waals surface area contributed by atoms with Crippen LogP contribution in [0.5, 0.6) is 5.75 Å². The number of benzene rings is 2. The highest BCUT2D eigenvalue weighted by Crippen LogP contribution is 2.32. The third-order valence-electron chi connectivity index (χ3n) is 3.32. The molecule has 0 heterocycles. The van der Waals surface area contributed by atoms with Gasteiger partial charge in [0.1, 0.15) is 0 Å². The molecule has 0 radical (unpaired) electrons. The number of hydrogen-bond donors (Lipinski definition) is 0. The van der Waals surface area contributed by atoms with E-state index in [2.05, 4.69) is 0 Å². The Morgan fingerprint density at radius 1 is 1.17 bits per heavy atom. The van der Waals surface area contributed by atoms with Gasteiger partial charge in [0.15, 0.2) is 5.75 Å². The van der Waals surface area contributed by atoms with Crippen LogP contribution in [0.15, 0.2) is 48.5 Å². The van der Waals surface area contributed by atoms with Gasteiger partial charge in [-0.1, -0.05) is 36.4 Å². The number of aryl methyl sites for hydroxylation is 1. The summed E-state index contributed by atoms with van der Waals surface area (Å²) in [5.41, 5.74) is 1.23. The van der Waals surface area contributed by atoms with Crippen LogP contribution >= 0.6 is 0 Å². The molecular weight excluding hydrogens is 296 g/mol. The van der Waals surface area contributed by atoms with Crippen LogP contribution in [-0.4, -0.2) is 29.8 Å². The van der Waals surface area contributed by atoms with Crippen molar-refractivity contribution >= 4 is 11.6 Å². The van der Waals surface area contributed by atoms with E-state index in [0.29, 0.717) is 5.56 Å². The number of amides is 1. The van der Waals surface area contributed by atoms with Crippen molar-refractivity contribution in [3.8, 4) is 5.75 Å². The summed E-state index contributed by atoms with van der Waals surface area (Å²) < 4.78 is 5.74. The van der Waals surface area contributed by atoms with E-state index in [0.717, 1.165) is 5.56 Å². The minimum Gasteiger partial charge on any atom is -0.469 e. The summed E-state index contributed by atoms with van der Waals surface area (Å²) in [7, 11) is 3.23. The largest absolute Gasteiger partial charge is 0.469 e. The Bertz CT molecular complexity index is 714. The molecular formula is C17H18N2O4. The SMILES string of the molecule is Cc1ccc(OC(C(=O)N(C)C)c2ccccc2)c([N+](=O)[O-])c1. The second kappa shape index (κ2) is 6.91. The Morgan fingerprint density at radius 2 is 1.83 bits per heavy atom. The normalized spacial score (nSPS) is 11.6. The van der Waals surface area contributed by atoms with E-state index in [1.165, 1.54) is 17.0 Å². The third-order valence-corrected chi connectivity index (χ3v) is 3.32. The van der Waals surface area contributed by atoms with Crippen molar-refractivity contribution < 1.29 is 14.5 Å². The molecule has 0 aliphatic rings. The molecule has 0 spiro atoms. The number of ether oxygens (including phenoxy) is 1. The van der Waals surface area contributed by atoms with Crippen molar-refractivity contribution in [3.63, 3.8) is 0 Å². The zero-order valence-corrected chi connectivity index (χ0v) is 13.2. The van der Waals surface area contributed by atoms with Crippen LogP contribution in [0.3, 0.4) is 0 Å². The maximum Gasteiger partial charge on any atom is 0.311 e. The van der Waals surface area contributed by atoms with Gasteiger partial charge < -0.3 is 9.64 Å². The van der Waals surface area contributed by atoms with Crippen LogP contribution in [-0.2, 0) is 4.79 Å². The minimum atomic E-state index is -0.937. The van der Waals surface area contributed by atoms with Crippen molar-refractivity contribution in [3.05, 3.63) is 69.8 Å². The molecule has 120 valence electrons. The monoisotopic (exact) mass is 314 g/mol. The van der Waals surface area contributed by atoms with Crippen LogP contribution in [0.25, 0.3) is 0 Å². The molecule has 0 aliphatic heterocycles. The van der Waals surface area contributed by atoms with E-state index in [9.17, 15) is 14.9 Å². The van der Waals surface area contributed by atoms with Crippen molar-refractivity contribution in [2.45, 2.75) is 13.0 Å². The summed E-state index contributed by atoms with van der Waals surface area (Å²) >= 11 is 0. The fraction of sp³-hybridized carbons (Fsp3) is 0.235. The number of carbonyl (C=O) groups excluding carboxylic acids is 1. The molecule has 2 aromatic carbocycles. The molecule has 0 saturated carbocycles. The van der Waals surface area contributed by atoms with Crippen molar-refractivity contribution in [2.75, 3.05) is 14.1 Å². The minimum absolute atomic E-state index is 0.0738. The van der Waals surface area contributed by atoms with E-state index >= 15 is 0 Å². The van der Waals surface area contributed by atoms with E-state index in [4.69, 9.17) is 4.74 Å². The van der Waals surface area contributed by atoms with Crippen LogP contribution in [0.4, 0.5) is 5.69 Å². The number of nitrogens with zero attached hydrogens (tertiary/aromatic N) is 2. The van der Waals surface area contributed by atoms with Gasteiger partial charge in [-0.15, -0.1) is 0 Å². The summed E-state index contributed by atoms with van der Waals surface area (Å²) in [6.45, 7) is 1.76. The zero-order valence-electron chi connectivity index (χ0n) is 13.2. The number of rotatable bonds is 5. The summed E-state index contributed by atoms with van der Waals surface area (Å²) in [6.07, 6.45) is -0.937. The Hall–Kier alpha value is -2.89. The van der Waals surface area contributed by atoms with Crippen LogP contribution < -0.4 is 4.74 Å². The predicted octanol–water partition coefficient (Wildman–Crippen LogP) is 3.11. The number of likely N-dealkylation sites (N-methyl/N-ethyl adjacent to an activating group) is 1. The molecule has 2 aromatic rings. The van der Waals surface area contributed by atoms with Crippen LogP contribution in [0.1, 0.15) is 17.2 Å². The fourth-order valence-corrected chi connectivity index (χ4v) is 2.12. The van der Waals surface area contributed by atoms with E-state index in [1.54, 1.807) is 51.4 Å². The highest BCUT2D eigenvalue weighted by atomic mass is 16.6. The Labute approximate surface area is 134 Å². The number of nitro groups is 1. The molecule has 0 bridgehead atoms.